The van der Waals surface area contributed by atoms with Crippen LogP contribution in [0.3, 0.4) is 0 Å². The van der Waals surface area contributed by atoms with E-state index in [-0.39, 0.29) is 5.82 Å². The third-order valence-electron chi connectivity index (χ3n) is 3.17. The first kappa shape index (κ1) is 13.9. The highest BCUT2D eigenvalue weighted by Gasteiger charge is 2.08. The van der Waals surface area contributed by atoms with Gasteiger partial charge in [0.05, 0.1) is 18.1 Å². The number of ether oxygens (including phenoxy) is 1. The van der Waals surface area contributed by atoms with E-state index in [4.69, 9.17) is 9.15 Å². The number of nitrogens with one attached hydrogen (secondary N) is 1. The summed E-state index contributed by atoms with van der Waals surface area (Å²) in [6, 6.07) is 12.6. The van der Waals surface area contributed by atoms with E-state index in [0.717, 1.165) is 16.7 Å². The van der Waals surface area contributed by atoms with Gasteiger partial charge in [0.2, 0.25) is 0 Å². The molecule has 0 aliphatic rings. The first-order valence-electron chi connectivity index (χ1n) is 6.42. The maximum Gasteiger partial charge on any atom is 0.176 e. The highest BCUT2D eigenvalue weighted by atomic mass is 79.9. The summed E-state index contributed by atoms with van der Waals surface area (Å²) in [5.74, 6) is 1.16. The van der Waals surface area contributed by atoms with Crippen molar-refractivity contribution in [1.29, 1.82) is 0 Å². The highest BCUT2D eigenvalue weighted by Crippen LogP contribution is 2.29. The predicted molar refractivity (Wildman–Crippen MR) is 84.2 cm³/mol. The van der Waals surface area contributed by atoms with Gasteiger partial charge in [0.25, 0.3) is 0 Å². The summed E-state index contributed by atoms with van der Waals surface area (Å²) in [6.07, 6.45) is 0. The minimum atomic E-state index is -0.300. The molecule has 2 aromatic carbocycles. The second-order valence-corrected chi connectivity index (χ2v) is 5.43. The van der Waals surface area contributed by atoms with Crippen LogP contribution in [0.25, 0.3) is 11.0 Å². The molecule has 0 radical (unpaired) electrons. The lowest BCUT2D eigenvalue weighted by Crippen LogP contribution is -1.98. The number of fused-ring (bicyclic) bond motifs is 1. The highest BCUT2D eigenvalue weighted by molar-refractivity contribution is 9.10. The van der Waals surface area contributed by atoms with Crippen molar-refractivity contribution in [2.24, 2.45) is 0 Å². The van der Waals surface area contributed by atoms with Crippen LogP contribution in [-0.2, 0) is 6.54 Å². The molecule has 0 amide bonds. The molecule has 0 saturated carbocycles. The quantitative estimate of drug-likeness (QED) is 0.723. The van der Waals surface area contributed by atoms with E-state index in [0.29, 0.717) is 22.5 Å². The molecule has 1 aromatic heterocycles. The van der Waals surface area contributed by atoms with Crippen LogP contribution in [0.4, 0.5) is 10.1 Å². The summed E-state index contributed by atoms with van der Waals surface area (Å²) < 4.78 is 24.9. The standard InChI is InChI=1S/C16H13BrFNO2/c1-20-15-4-2-3-10-7-12(21-16(10)15)9-19-11-5-6-13(17)14(18)8-11/h2-8,19H,9H2,1H3. The Kier molecular flexibility index (Phi) is 3.84. The summed E-state index contributed by atoms with van der Waals surface area (Å²) in [6.45, 7) is 0.471. The lowest BCUT2D eigenvalue weighted by molar-refractivity contribution is 0.408. The van der Waals surface area contributed by atoms with Gasteiger partial charge < -0.3 is 14.5 Å². The van der Waals surface area contributed by atoms with Crippen LogP contribution in [0.5, 0.6) is 5.75 Å². The molecule has 1 heterocycles. The Balaban J connectivity index is 1.80. The van der Waals surface area contributed by atoms with Crippen LogP contribution in [0.1, 0.15) is 5.76 Å². The number of para-hydroxylation sites is 1. The Morgan fingerprint density at radius 3 is 2.86 bits per heavy atom. The van der Waals surface area contributed by atoms with Crippen LogP contribution in [0, 0.1) is 5.82 Å². The zero-order valence-electron chi connectivity index (χ0n) is 11.3. The fraction of sp³-hybridized carbons (Fsp3) is 0.125. The average Bonchev–Trinajstić information content (AvgIpc) is 2.91. The number of furan rings is 1. The maximum absolute atomic E-state index is 13.4. The van der Waals surface area contributed by atoms with Gasteiger partial charge in [-0.05, 0) is 46.3 Å². The molecule has 21 heavy (non-hydrogen) atoms. The van der Waals surface area contributed by atoms with Crippen LogP contribution >= 0.6 is 15.9 Å². The Hall–Kier alpha value is -2.01. The van der Waals surface area contributed by atoms with Crippen molar-refractivity contribution >= 4 is 32.6 Å². The largest absolute Gasteiger partial charge is 0.493 e. The molecule has 3 aromatic rings. The van der Waals surface area contributed by atoms with Gasteiger partial charge in [-0.15, -0.1) is 0 Å². The van der Waals surface area contributed by atoms with E-state index in [1.165, 1.54) is 6.07 Å². The number of hydrogen-bond acceptors (Lipinski definition) is 3. The number of rotatable bonds is 4. The zero-order chi connectivity index (χ0) is 14.8. The second kappa shape index (κ2) is 5.77. The summed E-state index contributed by atoms with van der Waals surface area (Å²) in [5.41, 5.74) is 1.42. The minimum absolute atomic E-state index is 0.300. The van der Waals surface area contributed by atoms with Crippen molar-refractivity contribution in [3.05, 3.63) is 58.5 Å². The number of halogens is 2. The summed E-state index contributed by atoms with van der Waals surface area (Å²) in [5, 5.41) is 4.11. The van der Waals surface area contributed by atoms with Gasteiger partial charge in [0, 0.05) is 11.1 Å². The van der Waals surface area contributed by atoms with Gasteiger partial charge in [0.1, 0.15) is 11.6 Å². The van der Waals surface area contributed by atoms with Crippen LogP contribution in [-0.4, -0.2) is 7.11 Å². The molecule has 0 bridgehead atoms. The summed E-state index contributed by atoms with van der Waals surface area (Å²) in [7, 11) is 1.61. The van der Waals surface area contributed by atoms with Crippen LogP contribution < -0.4 is 10.1 Å². The van der Waals surface area contributed by atoms with Crippen molar-refractivity contribution in [2.75, 3.05) is 12.4 Å². The van der Waals surface area contributed by atoms with E-state index in [2.05, 4.69) is 21.2 Å². The average molecular weight is 350 g/mol. The third kappa shape index (κ3) is 2.88. The van der Waals surface area contributed by atoms with Crippen molar-refractivity contribution < 1.29 is 13.5 Å². The summed E-state index contributed by atoms with van der Waals surface area (Å²) in [4.78, 5) is 0. The van der Waals surface area contributed by atoms with Gasteiger partial charge in [0.15, 0.2) is 11.3 Å². The minimum Gasteiger partial charge on any atom is -0.493 e. The molecular formula is C16H13BrFNO2. The van der Waals surface area contributed by atoms with Gasteiger partial charge in [-0.3, -0.25) is 0 Å². The molecule has 0 saturated heterocycles. The van der Waals surface area contributed by atoms with E-state index in [1.807, 2.05) is 24.3 Å². The predicted octanol–water partition coefficient (Wildman–Crippen LogP) is 4.96. The molecule has 0 atom stereocenters. The van der Waals surface area contributed by atoms with E-state index in [9.17, 15) is 4.39 Å². The van der Waals surface area contributed by atoms with Crippen molar-refractivity contribution in [1.82, 2.24) is 0 Å². The Labute approximate surface area is 129 Å². The van der Waals surface area contributed by atoms with Crippen LogP contribution in [0.15, 0.2) is 51.4 Å². The van der Waals surface area contributed by atoms with Crippen LogP contribution in [0.2, 0.25) is 0 Å². The maximum atomic E-state index is 13.4. The van der Waals surface area contributed by atoms with Gasteiger partial charge in [-0.2, -0.15) is 0 Å². The normalized spacial score (nSPS) is 10.8. The van der Waals surface area contributed by atoms with Crippen molar-refractivity contribution in [3.8, 4) is 5.75 Å². The lowest BCUT2D eigenvalue weighted by Gasteiger charge is -2.05. The monoisotopic (exact) mass is 349 g/mol. The Morgan fingerprint density at radius 2 is 2.10 bits per heavy atom. The van der Waals surface area contributed by atoms with Gasteiger partial charge in [-0.25, -0.2) is 4.39 Å². The smallest absolute Gasteiger partial charge is 0.176 e. The Morgan fingerprint density at radius 1 is 1.24 bits per heavy atom. The summed E-state index contributed by atoms with van der Waals surface area (Å²) >= 11 is 3.13. The fourth-order valence-corrected chi connectivity index (χ4v) is 2.38. The number of benzene rings is 2. The van der Waals surface area contributed by atoms with Crippen molar-refractivity contribution in [3.63, 3.8) is 0 Å². The van der Waals surface area contributed by atoms with Gasteiger partial charge >= 0.3 is 0 Å². The molecule has 3 nitrogen and oxygen atoms in total. The molecule has 108 valence electrons. The molecule has 5 heteroatoms. The molecule has 0 fully saturated rings. The van der Waals surface area contributed by atoms with Gasteiger partial charge in [-0.1, -0.05) is 12.1 Å². The van der Waals surface area contributed by atoms with E-state index >= 15 is 0 Å². The first-order chi connectivity index (χ1) is 10.2. The van der Waals surface area contributed by atoms with Crippen molar-refractivity contribution in [2.45, 2.75) is 6.54 Å². The second-order valence-electron chi connectivity index (χ2n) is 4.57. The third-order valence-corrected chi connectivity index (χ3v) is 3.81. The molecule has 0 aliphatic heterocycles. The van der Waals surface area contributed by atoms with E-state index < -0.39 is 0 Å². The number of anilines is 1. The molecule has 0 unspecified atom stereocenters. The fourth-order valence-electron chi connectivity index (χ4n) is 2.13. The molecular weight excluding hydrogens is 337 g/mol. The lowest BCUT2D eigenvalue weighted by atomic mass is 10.2. The van der Waals surface area contributed by atoms with E-state index in [1.54, 1.807) is 19.2 Å². The molecule has 1 N–H and O–H groups in total. The topological polar surface area (TPSA) is 34.4 Å². The molecule has 0 spiro atoms. The first-order valence-corrected chi connectivity index (χ1v) is 7.21. The molecule has 0 aliphatic carbocycles. The molecule has 3 rings (SSSR count). The zero-order valence-corrected chi connectivity index (χ0v) is 12.9. The Bertz CT molecular complexity index is 785. The number of hydrogen-bond donors (Lipinski definition) is 1. The SMILES string of the molecule is COc1cccc2cc(CNc3ccc(Br)c(F)c3)oc12. The number of methoxy groups -OCH3 is 1.